The maximum absolute atomic E-state index is 12.7. The number of hydrogen-bond acceptors (Lipinski definition) is 6. The van der Waals surface area contributed by atoms with Crippen LogP contribution in [0.4, 0.5) is 4.79 Å². The average Bonchev–Trinajstić information content (AvgIpc) is 3.27. The SMILES string of the molecule is COc1cccc(C=C2SC(=O)N(CC(=O)N3CCCC3)C2=O)c1OC(C)C. The Kier molecular flexibility index (Phi) is 6.28. The molecule has 2 heterocycles. The summed E-state index contributed by atoms with van der Waals surface area (Å²) in [4.78, 5) is 40.4. The molecule has 3 amide bonds. The molecule has 0 saturated carbocycles. The van der Waals surface area contributed by atoms with E-state index in [-0.39, 0.29) is 23.5 Å². The molecule has 1 aromatic rings. The molecule has 2 saturated heterocycles. The highest BCUT2D eigenvalue weighted by Crippen LogP contribution is 2.37. The van der Waals surface area contributed by atoms with Gasteiger partial charge in [-0.15, -0.1) is 0 Å². The van der Waals surface area contributed by atoms with Crippen LogP contribution in [0, 0.1) is 0 Å². The summed E-state index contributed by atoms with van der Waals surface area (Å²) in [6, 6.07) is 5.36. The highest BCUT2D eigenvalue weighted by Gasteiger charge is 2.37. The maximum atomic E-state index is 12.7. The van der Waals surface area contributed by atoms with Crippen molar-refractivity contribution in [3.05, 3.63) is 28.7 Å². The van der Waals surface area contributed by atoms with Crippen LogP contribution in [0.3, 0.4) is 0 Å². The molecule has 2 aliphatic heterocycles. The summed E-state index contributed by atoms with van der Waals surface area (Å²) in [7, 11) is 1.55. The highest BCUT2D eigenvalue weighted by atomic mass is 32.2. The molecule has 2 aliphatic rings. The van der Waals surface area contributed by atoms with E-state index in [2.05, 4.69) is 0 Å². The molecule has 1 aromatic carbocycles. The Labute approximate surface area is 168 Å². The molecule has 0 N–H and O–H groups in total. The van der Waals surface area contributed by atoms with Crippen LogP contribution in [-0.4, -0.2) is 59.7 Å². The second-order valence-corrected chi connectivity index (χ2v) is 7.89. The number of para-hydroxylation sites is 1. The molecule has 28 heavy (non-hydrogen) atoms. The Bertz CT molecular complexity index is 815. The summed E-state index contributed by atoms with van der Waals surface area (Å²) in [5, 5.41) is -0.432. The zero-order valence-corrected chi connectivity index (χ0v) is 17.1. The Hall–Kier alpha value is -2.48. The Morgan fingerprint density at radius 1 is 1.25 bits per heavy atom. The summed E-state index contributed by atoms with van der Waals surface area (Å²) in [6.07, 6.45) is 3.45. The van der Waals surface area contributed by atoms with Crippen molar-refractivity contribution in [1.29, 1.82) is 0 Å². The number of benzene rings is 1. The first-order chi connectivity index (χ1) is 13.4. The van der Waals surface area contributed by atoms with Crippen molar-refractivity contribution in [1.82, 2.24) is 9.80 Å². The number of amides is 3. The van der Waals surface area contributed by atoms with Gasteiger partial charge in [0, 0.05) is 18.7 Å². The minimum Gasteiger partial charge on any atom is -0.493 e. The van der Waals surface area contributed by atoms with Gasteiger partial charge in [-0.25, -0.2) is 0 Å². The summed E-state index contributed by atoms with van der Waals surface area (Å²) < 4.78 is 11.2. The fourth-order valence-corrected chi connectivity index (χ4v) is 3.98. The van der Waals surface area contributed by atoms with Gasteiger partial charge in [-0.05, 0) is 50.6 Å². The van der Waals surface area contributed by atoms with Gasteiger partial charge in [0.1, 0.15) is 6.54 Å². The quantitative estimate of drug-likeness (QED) is 0.678. The number of ether oxygens (including phenoxy) is 2. The van der Waals surface area contributed by atoms with Gasteiger partial charge in [0.15, 0.2) is 11.5 Å². The van der Waals surface area contributed by atoms with Gasteiger partial charge >= 0.3 is 0 Å². The van der Waals surface area contributed by atoms with Crippen LogP contribution in [0.15, 0.2) is 23.1 Å². The van der Waals surface area contributed by atoms with Gasteiger partial charge in [-0.1, -0.05) is 12.1 Å². The van der Waals surface area contributed by atoms with Crippen LogP contribution in [0.1, 0.15) is 32.3 Å². The van der Waals surface area contributed by atoms with Crippen molar-refractivity contribution in [3.8, 4) is 11.5 Å². The van der Waals surface area contributed by atoms with Crippen LogP contribution in [0.25, 0.3) is 6.08 Å². The maximum Gasteiger partial charge on any atom is 0.294 e. The number of imide groups is 1. The van der Waals surface area contributed by atoms with Crippen molar-refractivity contribution in [2.75, 3.05) is 26.7 Å². The van der Waals surface area contributed by atoms with E-state index in [1.165, 1.54) is 0 Å². The summed E-state index contributed by atoms with van der Waals surface area (Å²) in [5.74, 6) is 0.415. The summed E-state index contributed by atoms with van der Waals surface area (Å²) >= 11 is 0.834. The molecule has 0 aliphatic carbocycles. The second-order valence-electron chi connectivity index (χ2n) is 6.90. The number of hydrogen-bond donors (Lipinski definition) is 0. The minimum atomic E-state index is -0.458. The molecule has 0 aromatic heterocycles. The van der Waals surface area contributed by atoms with Crippen molar-refractivity contribution in [2.45, 2.75) is 32.8 Å². The first-order valence-electron chi connectivity index (χ1n) is 9.27. The number of methoxy groups -OCH3 is 1. The first kappa shape index (κ1) is 20.3. The molecule has 0 spiro atoms. The standard InChI is InChI=1S/C20H24N2O5S/c1-13(2)27-18-14(7-6-8-15(18)26-3)11-16-19(24)22(20(25)28-16)12-17(23)21-9-4-5-10-21/h6-8,11,13H,4-5,9-10,12H2,1-3H3. The van der Waals surface area contributed by atoms with Crippen LogP contribution in [0.5, 0.6) is 11.5 Å². The Morgan fingerprint density at radius 3 is 2.61 bits per heavy atom. The lowest BCUT2D eigenvalue weighted by molar-refractivity contribution is -0.135. The fourth-order valence-electron chi connectivity index (χ4n) is 3.15. The predicted octanol–water partition coefficient (Wildman–Crippen LogP) is 3.14. The number of thioether (sulfide) groups is 1. The monoisotopic (exact) mass is 404 g/mol. The number of carbonyl (C=O) groups is 3. The Morgan fingerprint density at radius 2 is 1.96 bits per heavy atom. The largest absolute Gasteiger partial charge is 0.493 e. The predicted molar refractivity (Wildman–Crippen MR) is 107 cm³/mol. The normalized spacial score (nSPS) is 18.5. The molecular formula is C20H24N2O5S. The average molecular weight is 404 g/mol. The van der Waals surface area contributed by atoms with Crippen LogP contribution >= 0.6 is 11.8 Å². The molecule has 150 valence electrons. The number of nitrogens with zero attached hydrogens (tertiary/aromatic N) is 2. The van der Waals surface area contributed by atoms with E-state index in [1.54, 1.807) is 36.3 Å². The van der Waals surface area contributed by atoms with Gasteiger partial charge in [-0.3, -0.25) is 19.3 Å². The fraction of sp³-hybridized carbons (Fsp3) is 0.450. The molecule has 0 radical (unpaired) electrons. The minimum absolute atomic E-state index is 0.0865. The second kappa shape index (κ2) is 8.68. The lowest BCUT2D eigenvalue weighted by Gasteiger charge is -2.18. The van der Waals surface area contributed by atoms with Crippen LogP contribution in [-0.2, 0) is 9.59 Å². The third-order valence-electron chi connectivity index (χ3n) is 4.50. The van der Waals surface area contributed by atoms with Crippen molar-refractivity contribution in [2.24, 2.45) is 0 Å². The Balaban J connectivity index is 1.82. The summed E-state index contributed by atoms with van der Waals surface area (Å²) in [6.45, 7) is 4.95. The third-order valence-corrected chi connectivity index (χ3v) is 5.40. The molecule has 7 nitrogen and oxygen atoms in total. The highest BCUT2D eigenvalue weighted by molar-refractivity contribution is 8.18. The lowest BCUT2D eigenvalue weighted by Crippen LogP contribution is -2.40. The molecule has 3 rings (SSSR count). The number of carbonyl (C=O) groups excluding carboxylic acids is 3. The summed E-state index contributed by atoms with van der Waals surface area (Å²) in [5.41, 5.74) is 0.643. The molecule has 0 atom stereocenters. The molecular weight excluding hydrogens is 380 g/mol. The molecule has 0 bridgehead atoms. The van der Waals surface area contributed by atoms with E-state index in [0.29, 0.717) is 30.2 Å². The van der Waals surface area contributed by atoms with E-state index in [1.807, 2.05) is 13.8 Å². The van der Waals surface area contributed by atoms with Crippen molar-refractivity contribution in [3.63, 3.8) is 0 Å². The molecule has 0 unspecified atom stereocenters. The van der Waals surface area contributed by atoms with Crippen molar-refractivity contribution >= 4 is 34.9 Å². The van der Waals surface area contributed by atoms with Gasteiger partial charge in [0.05, 0.1) is 18.1 Å². The number of rotatable bonds is 6. The van der Waals surface area contributed by atoms with Gasteiger partial charge in [0.25, 0.3) is 11.1 Å². The zero-order valence-electron chi connectivity index (χ0n) is 16.3. The van der Waals surface area contributed by atoms with Crippen LogP contribution < -0.4 is 9.47 Å². The third kappa shape index (κ3) is 4.32. The van der Waals surface area contributed by atoms with E-state index in [0.717, 1.165) is 29.5 Å². The van der Waals surface area contributed by atoms with Gasteiger partial charge in [0.2, 0.25) is 5.91 Å². The number of likely N-dealkylation sites (tertiary alicyclic amines) is 1. The van der Waals surface area contributed by atoms with Crippen molar-refractivity contribution < 1.29 is 23.9 Å². The van der Waals surface area contributed by atoms with E-state index in [9.17, 15) is 14.4 Å². The van der Waals surface area contributed by atoms with E-state index < -0.39 is 11.1 Å². The van der Waals surface area contributed by atoms with Crippen LogP contribution in [0.2, 0.25) is 0 Å². The van der Waals surface area contributed by atoms with E-state index in [4.69, 9.17) is 9.47 Å². The lowest BCUT2D eigenvalue weighted by atomic mass is 10.1. The topological polar surface area (TPSA) is 76.2 Å². The molecule has 8 heteroatoms. The van der Waals surface area contributed by atoms with Gasteiger partial charge < -0.3 is 14.4 Å². The zero-order chi connectivity index (χ0) is 20.3. The first-order valence-corrected chi connectivity index (χ1v) is 10.1. The molecule has 2 fully saturated rings. The van der Waals surface area contributed by atoms with Gasteiger partial charge in [-0.2, -0.15) is 0 Å². The smallest absolute Gasteiger partial charge is 0.294 e. The van der Waals surface area contributed by atoms with E-state index >= 15 is 0 Å².